The van der Waals surface area contributed by atoms with Crippen molar-refractivity contribution in [1.82, 2.24) is 9.88 Å². The van der Waals surface area contributed by atoms with E-state index in [-0.39, 0.29) is 12.3 Å². The normalized spacial score (nSPS) is 21.5. The fourth-order valence-corrected chi connectivity index (χ4v) is 4.25. The summed E-state index contributed by atoms with van der Waals surface area (Å²) in [6.07, 6.45) is 1.47. The van der Waals surface area contributed by atoms with Crippen LogP contribution in [0.15, 0.2) is 42.5 Å². The molecule has 5 rings (SSSR count). The maximum absolute atomic E-state index is 12.9. The molecule has 1 spiro atoms. The quantitative estimate of drug-likeness (QED) is 0.725. The minimum absolute atomic E-state index is 0.0812. The van der Waals surface area contributed by atoms with Gasteiger partial charge in [-0.25, -0.2) is 0 Å². The number of carbonyl (C=O) groups excluding carboxylic acids is 2. The van der Waals surface area contributed by atoms with Crippen molar-refractivity contribution in [2.75, 3.05) is 19.8 Å². The van der Waals surface area contributed by atoms with E-state index in [0.29, 0.717) is 26.2 Å². The van der Waals surface area contributed by atoms with Crippen LogP contribution in [-0.4, -0.2) is 53.7 Å². The van der Waals surface area contributed by atoms with E-state index in [1.54, 1.807) is 4.90 Å². The van der Waals surface area contributed by atoms with Crippen molar-refractivity contribution in [3.8, 4) is 0 Å². The molecule has 0 radical (unpaired) electrons. The second-order valence-corrected chi connectivity index (χ2v) is 7.26. The van der Waals surface area contributed by atoms with Crippen molar-refractivity contribution in [2.24, 2.45) is 0 Å². The number of hydrogen-bond acceptors (Lipinski definition) is 4. The highest BCUT2D eigenvalue weighted by Gasteiger charge is 2.49. The number of rotatable bonds is 3. The number of benzene rings is 2. The van der Waals surface area contributed by atoms with Gasteiger partial charge in [0.15, 0.2) is 5.79 Å². The second-order valence-electron chi connectivity index (χ2n) is 7.26. The molecular weight excluding hydrogens is 344 g/mol. The Hall–Kier alpha value is -2.70. The number of hydrogen-bond donors (Lipinski definition) is 1. The number of carbonyl (C=O) groups is 2. The lowest BCUT2D eigenvalue weighted by atomic mass is 10.1. The minimum atomic E-state index is -0.804. The second kappa shape index (κ2) is 6.18. The molecule has 2 aliphatic heterocycles. The van der Waals surface area contributed by atoms with Gasteiger partial charge in [-0.3, -0.25) is 4.79 Å². The number of ether oxygens (including phenoxy) is 2. The third kappa shape index (κ3) is 2.72. The molecule has 2 aliphatic rings. The molecule has 1 amide bonds. The first-order valence-electron chi connectivity index (χ1n) is 9.19. The Kier molecular flexibility index (Phi) is 3.77. The van der Waals surface area contributed by atoms with Crippen LogP contribution in [0.2, 0.25) is 0 Å². The zero-order valence-electron chi connectivity index (χ0n) is 14.8. The zero-order chi connectivity index (χ0) is 18.4. The lowest BCUT2D eigenvalue weighted by Crippen LogP contribution is -2.40. The van der Waals surface area contributed by atoms with Crippen LogP contribution in [0, 0.1) is 0 Å². The van der Waals surface area contributed by atoms with Crippen LogP contribution in [0.5, 0.6) is 0 Å². The standard InChI is InChI=1S/C21H20N2O4/c24-12-15-11-21(26-7-8-27-21)13-23(15)20(25)10-14-5-6-19-17(9-14)16-3-1-2-4-18(16)22-19/h1-6,9,12,15,22H,7-8,10-11,13H2. The minimum Gasteiger partial charge on any atom is -0.355 e. The third-order valence-corrected chi connectivity index (χ3v) is 5.55. The number of H-pyrrole nitrogens is 1. The summed E-state index contributed by atoms with van der Waals surface area (Å²) < 4.78 is 11.4. The van der Waals surface area contributed by atoms with Gasteiger partial charge in [0.1, 0.15) is 6.29 Å². The van der Waals surface area contributed by atoms with Gasteiger partial charge < -0.3 is 24.2 Å². The Bertz CT molecular complexity index is 1040. The lowest BCUT2D eigenvalue weighted by Gasteiger charge is -2.23. The first-order chi connectivity index (χ1) is 13.2. The lowest BCUT2D eigenvalue weighted by molar-refractivity contribution is -0.152. The number of fused-ring (bicyclic) bond motifs is 3. The largest absolute Gasteiger partial charge is 0.355 e. The molecule has 138 valence electrons. The van der Waals surface area contributed by atoms with E-state index in [9.17, 15) is 9.59 Å². The number of para-hydroxylation sites is 1. The van der Waals surface area contributed by atoms with Crippen molar-refractivity contribution >= 4 is 34.0 Å². The topological polar surface area (TPSA) is 71.6 Å². The third-order valence-electron chi connectivity index (χ3n) is 5.55. The van der Waals surface area contributed by atoms with Crippen molar-refractivity contribution in [2.45, 2.75) is 24.7 Å². The van der Waals surface area contributed by atoms with Crippen LogP contribution in [0.4, 0.5) is 0 Å². The predicted octanol–water partition coefficient (Wildman–Crippen LogP) is 2.41. The molecule has 27 heavy (non-hydrogen) atoms. The van der Waals surface area contributed by atoms with E-state index < -0.39 is 11.8 Å². The predicted molar refractivity (Wildman–Crippen MR) is 100 cm³/mol. The van der Waals surface area contributed by atoms with Gasteiger partial charge in [0.25, 0.3) is 0 Å². The van der Waals surface area contributed by atoms with Gasteiger partial charge in [0, 0.05) is 28.2 Å². The van der Waals surface area contributed by atoms with E-state index in [0.717, 1.165) is 33.7 Å². The van der Waals surface area contributed by atoms with Gasteiger partial charge in [0.05, 0.1) is 32.2 Å². The SMILES string of the molecule is O=CC1CC2(CN1C(=O)Cc1ccc3[nH]c4ccccc4c3c1)OCCO2. The molecule has 0 bridgehead atoms. The molecule has 0 aliphatic carbocycles. The summed E-state index contributed by atoms with van der Waals surface area (Å²) in [7, 11) is 0. The number of likely N-dealkylation sites (tertiary alicyclic amines) is 1. The fourth-order valence-electron chi connectivity index (χ4n) is 4.25. The molecule has 6 nitrogen and oxygen atoms in total. The summed E-state index contributed by atoms with van der Waals surface area (Å²) >= 11 is 0. The summed E-state index contributed by atoms with van der Waals surface area (Å²) in [5.41, 5.74) is 3.05. The van der Waals surface area contributed by atoms with E-state index in [1.165, 1.54) is 0 Å². The highest BCUT2D eigenvalue weighted by atomic mass is 16.7. The first-order valence-corrected chi connectivity index (χ1v) is 9.19. The number of nitrogens with zero attached hydrogens (tertiary/aromatic N) is 1. The molecule has 1 aromatic heterocycles. The average molecular weight is 364 g/mol. The van der Waals surface area contributed by atoms with Crippen LogP contribution < -0.4 is 0 Å². The zero-order valence-corrected chi connectivity index (χ0v) is 14.8. The summed E-state index contributed by atoms with van der Waals surface area (Å²) in [5.74, 6) is -0.885. The van der Waals surface area contributed by atoms with Crippen LogP contribution in [0.1, 0.15) is 12.0 Å². The number of aromatic nitrogens is 1. The molecular formula is C21H20N2O4. The fraction of sp³-hybridized carbons (Fsp3) is 0.333. The Morgan fingerprint density at radius 1 is 1.15 bits per heavy atom. The Balaban J connectivity index is 1.41. The van der Waals surface area contributed by atoms with Crippen molar-refractivity contribution < 1.29 is 19.1 Å². The van der Waals surface area contributed by atoms with E-state index in [4.69, 9.17) is 9.47 Å². The molecule has 1 atom stereocenters. The van der Waals surface area contributed by atoms with Gasteiger partial charge in [-0.15, -0.1) is 0 Å². The molecule has 2 fully saturated rings. The van der Waals surface area contributed by atoms with Crippen LogP contribution in [0.3, 0.4) is 0 Å². The van der Waals surface area contributed by atoms with Crippen molar-refractivity contribution in [1.29, 1.82) is 0 Å². The first kappa shape index (κ1) is 16.5. The Labute approximate surface area is 156 Å². The average Bonchev–Trinajstić information content (AvgIpc) is 3.39. The summed E-state index contributed by atoms with van der Waals surface area (Å²) in [6, 6.07) is 13.6. The van der Waals surface area contributed by atoms with Crippen LogP contribution in [0.25, 0.3) is 21.8 Å². The maximum Gasteiger partial charge on any atom is 0.227 e. The van der Waals surface area contributed by atoms with Crippen LogP contribution >= 0.6 is 0 Å². The number of aldehydes is 1. The molecule has 2 aromatic carbocycles. The number of nitrogens with one attached hydrogen (secondary N) is 1. The summed E-state index contributed by atoms with van der Waals surface area (Å²) in [6.45, 7) is 1.32. The van der Waals surface area contributed by atoms with Gasteiger partial charge in [0.2, 0.25) is 5.91 Å². The summed E-state index contributed by atoms with van der Waals surface area (Å²) in [5, 5.41) is 2.24. The van der Waals surface area contributed by atoms with Gasteiger partial charge in [-0.2, -0.15) is 0 Å². The maximum atomic E-state index is 12.9. The molecule has 6 heteroatoms. The Morgan fingerprint density at radius 2 is 1.93 bits per heavy atom. The highest BCUT2D eigenvalue weighted by Crippen LogP contribution is 2.34. The molecule has 1 N–H and O–H groups in total. The molecule has 2 saturated heterocycles. The Morgan fingerprint density at radius 3 is 2.74 bits per heavy atom. The number of aromatic amines is 1. The van der Waals surface area contributed by atoms with Gasteiger partial charge in [-0.1, -0.05) is 24.3 Å². The smallest absolute Gasteiger partial charge is 0.227 e. The van der Waals surface area contributed by atoms with Crippen molar-refractivity contribution in [3.63, 3.8) is 0 Å². The van der Waals surface area contributed by atoms with E-state index in [1.807, 2.05) is 30.3 Å². The highest BCUT2D eigenvalue weighted by molar-refractivity contribution is 6.07. The van der Waals surface area contributed by atoms with Crippen molar-refractivity contribution in [3.05, 3.63) is 48.0 Å². The molecule has 3 aromatic rings. The molecule has 1 unspecified atom stereocenters. The van der Waals surface area contributed by atoms with E-state index >= 15 is 0 Å². The van der Waals surface area contributed by atoms with Gasteiger partial charge >= 0.3 is 0 Å². The monoisotopic (exact) mass is 364 g/mol. The molecule has 0 saturated carbocycles. The number of amides is 1. The van der Waals surface area contributed by atoms with Gasteiger partial charge in [-0.05, 0) is 23.8 Å². The molecule has 3 heterocycles. The summed E-state index contributed by atoms with van der Waals surface area (Å²) in [4.78, 5) is 29.4. The van der Waals surface area contributed by atoms with Crippen LogP contribution in [-0.2, 0) is 25.5 Å². The van der Waals surface area contributed by atoms with E-state index in [2.05, 4.69) is 17.1 Å².